The fourth-order valence-electron chi connectivity index (χ4n) is 3.03. The van der Waals surface area contributed by atoms with E-state index in [4.69, 9.17) is 0 Å². The number of fused-ring (bicyclic) bond motifs is 1. The summed E-state index contributed by atoms with van der Waals surface area (Å²) in [6.45, 7) is 3.03. The van der Waals surface area contributed by atoms with Crippen molar-refractivity contribution in [3.05, 3.63) is 72.6 Å². The summed E-state index contributed by atoms with van der Waals surface area (Å²) >= 11 is 0. The first kappa shape index (κ1) is 14.7. The number of allylic oxidation sites excluding steroid dienone is 2. The summed E-state index contributed by atoms with van der Waals surface area (Å²) in [5.41, 5.74) is 0.784. The second kappa shape index (κ2) is 6.29. The maximum absolute atomic E-state index is 13.1. The molecule has 0 aromatic heterocycles. The second-order valence-electron chi connectivity index (χ2n) is 5.91. The monoisotopic (exact) mass is 292 g/mol. The average Bonchev–Trinajstić information content (AvgIpc) is 3.04. The Labute approximate surface area is 132 Å². The summed E-state index contributed by atoms with van der Waals surface area (Å²) in [7, 11) is 0. The van der Waals surface area contributed by atoms with Crippen LogP contribution in [0.4, 0.5) is 0 Å². The van der Waals surface area contributed by atoms with E-state index in [2.05, 4.69) is 19.1 Å². The molecule has 0 aliphatic carbocycles. The fraction of sp³-hybridized carbons (Fsp3) is 0.250. The van der Waals surface area contributed by atoms with Crippen molar-refractivity contribution in [2.75, 3.05) is 6.54 Å². The van der Waals surface area contributed by atoms with Gasteiger partial charge in [-0.2, -0.15) is 0 Å². The van der Waals surface area contributed by atoms with E-state index in [1.807, 2.05) is 54.9 Å². The van der Waals surface area contributed by atoms with Crippen LogP contribution in [-0.4, -0.2) is 16.9 Å². The summed E-state index contributed by atoms with van der Waals surface area (Å²) in [6.07, 6.45) is 11.4. The van der Waals surface area contributed by atoms with E-state index in [0.29, 0.717) is 4.48 Å². The van der Waals surface area contributed by atoms with Gasteiger partial charge >= 0.3 is 5.91 Å². The second-order valence-corrected chi connectivity index (χ2v) is 5.91. The first-order chi connectivity index (χ1) is 10.7. The SMILES string of the molecule is CCCCC[N+]1(C(=O)c2ccc3ccccc3c2)C=CC=C1. The van der Waals surface area contributed by atoms with E-state index in [1.165, 1.54) is 5.39 Å². The quantitative estimate of drug-likeness (QED) is 0.558. The van der Waals surface area contributed by atoms with E-state index >= 15 is 0 Å². The summed E-state index contributed by atoms with van der Waals surface area (Å²) < 4.78 is 0.318. The van der Waals surface area contributed by atoms with Crippen LogP contribution < -0.4 is 0 Å². The van der Waals surface area contributed by atoms with Crippen molar-refractivity contribution in [1.29, 1.82) is 0 Å². The molecule has 0 unspecified atom stereocenters. The highest BCUT2D eigenvalue weighted by molar-refractivity contribution is 5.95. The van der Waals surface area contributed by atoms with Gasteiger partial charge in [0.15, 0.2) is 0 Å². The molecule has 2 aromatic rings. The molecule has 2 aromatic carbocycles. The lowest BCUT2D eigenvalue weighted by atomic mass is 10.1. The van der Waals surface area contributed by atoms with E-state index in [0.717, 1.165) is 36.8 Å². The molecule has 22 heavy (non-hydrogen) atoms. The van der Waals surface area contributed by atoms with E-state index in [1.54, 1.807) is 0 Å². The highest BCUT2D eigenvalue weighted by Gasteiger charge is 2.35. The number of hydrogen-bond acceptors (Lipinski definition) is 1. The van der Waals surface area contributed by atoms with Crippen LogP contribution in [0.25, 0.3) is 10.8 Å². The van der Waals surface area contributed by atoms with Crippen LogP contribution in [0, 0.1) is 0 Å². The van der Waals surface area contributed by atoms with Crippen molar-refractivity contribution in [3.63, 3.8) is 0 Å². The molecular weight excluding hydrogens is 270 g/mol. The summed E-state index contributed by atoms with van der Waals surface area (Å²) in [5, 5.41) is 2.29. The molecule has 0 radical (unpaired) electrons. The van der Waals surface area contributed by atoms with Gasteiger partial charge in [-0.15, -0.1) is 0 Å². The minimum absolute atomic E-state index is 0.159. The van der Waals surface area contributed by atoms with Gasteiger partial charge in [0.1, 0.15) is 12.4 Å². The standard InChI is InChI=1S/C20H22NO/c1-2-3-6-13-21(14-7-8-15-21)20(22)19-12-11-17-9-4-5-10-18(17)16-19/h4-5,7-12,14-16H,2-3,6,13H2,1H3/q+1. The van der Waals surface area contributed by atoms with Crippen LogP contribution in [0.2, 0.25) is 0 Å². The number of nitrogens with zero attached hydrogens (tertiary/aromatic N) is 1. The number of quaternary nitrogens is 1. The Hall–Kier alpha value is -2.19. The summed E-state index contributed by atoms with van der Waals surface area (Å²) in [4.78, 5) is 13.1. The third-order valence-electron chi connectivity index (χ3n) is 4.32. The normalized spacial score (nSPS) is 15.5. The molecule has 1 amide bonds. The van der Waals surface area contributed by atoms with E-state index in [9.17, 15) is 4.79 Å². The fourth-order valence-corrected chi connectivity index (χ4v) is 3.03. The maximum Gasteiger partial charge on any atom is 0.355 e. The molecule has 2 nitrogen and oxygen atoms in total. The molecule has 0 saturated carbocycles. The lowest BCUT2D eigenvalue weighted by Crippen LogP contribution is -2.42. The van der Waals surface area contributed by atoms with Gasteiger partial charge in [-0.25, -0.2) is 9.28 Å². The zero-order valence-electron chi connectivity index (χ0n) is 13.0. The molecule has 1 aliphatic heterocycles. The van der Waals surface area contributed by atoms with Gasteiger partial charge in [-0.05, 0) is 47.9 Å². The predicted molar refractivity (Wildman–Crippen MR) is 91.2 cm³/mol. The van der Waals surface area contributed by atoms with Crippen molar-refractivity contribution < 1.29 is 9.28 Å². The predicted octanol–water partition coefficient (Wildman–Crippen LogP) is 5.03. The van der Waals surface area contributed by atoms with Gasteiger partial charge in [-0.3, -0.25) is 0 Å². The topological polar surface area (TPSA) is 17.1 Å². The minimum atomic E-state index is 0.159. The van der Waals surface area contributed by atoms with Crippen molar-refractivity contribution in [3.8, 4) is 0 Å². The van der Waals surface area contributed by atoms with Crippen molar-refractivity contribution >= 4 is 16.7 Å². The number of carbonyl (C=O) groups is 1. The minimum Gasteiger partial charge on any atom is -0.225 e. The van der Waals surface area contributed by atoms with E-state index in [-0.39, 0.29) is 5.91 Å². The Morgan fingerprint density at radius 2 is 1.68 bits per heavy atom. The number of amides is 1. The first-order valence-corrected chi connectivity index (χ1v) is 8.03. The molecule has 0 atom stereocenters. The number of hydrogen-bond donors (Lipinski definition) is 0. The molecule has 0 fully saturated rings. The zero-order chi connectivity index (χ0) is 15.4. The Morgan fingerprint density at radius 3 is 2.41 bits per heavy atom. The molecule has 1 aliphatic rings. The van der Waals surface area contributed by atoms with Crippen LogP contribution in [0.15, 0.2) is 67.0 Å². The van der Waals surface area contributed by atoms with Gasteiger partial charge < -0.3 is 0 Å². The van der Waals surface area contributed by atoms with Crippen molar-refractivity contribution in [2.45, 2.75) is 26.2 Å². The third-order valence-corrected chi connectivity index (χ3v) is 4.32. The Balaban J connectivity index is 1.92. The van der Waals surface area contributed by atoms with Crippen LogP contribution in [0.1, 0.15) is 36.5 Å². The molecule has 0 N–H and O–H groups in total. The van der Waals surface area contributed by atoms with Gasteiger partial charge in [0.2, 0.25) is 0 Å². The van der Waals surface area contributed by atoms with Crippen LogP contribution in [0.3, 0.4) is 0 Å². The lowest BCUT2D eigenvalue weighted by Gasteiger charge is -2.26. The molecule has 1 heterocycles. The van der Waals surface area contributed by atoms with Crippen LogP contribution in [-0.2, 0) is 0 Å². The zero-order valence-corrected chi connectivity index (χ0v) is 13.0. The highest BCUT2D eigenvalue weighted by atomic mass is 16.2. The van der Waals surface area contributed by atoms with Gasteiger partial charge in [0.05, 0.1) is 12.1 Å². The van der Waals surface area contributed by atoms with Crippen molar-refractivity contribution in [2.24, 2.45) is 0 Å². The Bertz CT molecular complexity index is 730. The number of benzene rings is 2. The maximum atomic E-state index is 13.1. The largest absolute Gasteiger partial charge is 0.355 e. The summed E-state index contributed by atoms with van der Waals surface area (Å²) in [5.74, 6) is 0.159. The molecule has 3 rings (SSSR count). The van der Waals surface area contributed by atoms with Crippen LogP contribution in [0.5, 0.6) is 0 Å². The molecule has 2 heteroatoms. The molecule has 0 spiro atoms. The van der Waals surface area contributed by atoms with Gasteiger partial charge in [-0.1, -0.05) is 43.7 Å². The van der Waals surface area contributed by atoms with Crippen LogP contribution >= 0.6 is 0 Å². The first-order valence-electron chi connectivity index (χ1n) is 8.03. The number of unbranched alkanes of at least 4 members (excludes halogenated alkanes) is 2. The van der Waals surface area contributed by atoms with Gasteiger partial charge in [0.25, 0.3) is 0 Å². The highest BCUT2D eigenvalue weighted by Crippen LogP contribution is 2.25. The Kier molecular flexibility index (Phi) is 4.21. The number of rotatable bonds is 5. The number of carbonyl (C=O) groups excluding carboxylic acids is 1. The molecule has 0 saturated heterocycles. The third kappa shape index (κ3) is 2.75. The summed E-state index contributed by atoms with van der Waals surface area (Å²) in [6, 6.07) is 14.2. The molecule has 0 bridgehead atoms. The van der Waals surface area contributed by atoms with Gasteiger partial charge in [0, 0.05) is 0 Å². The molecule has 112 valence electrons. The molecular formula is C20H22NO+. The van der Waals surface area contributed by atoms with Crippen molar-refractivity contribution in [1.82, 2.24) is 0 Å². The average molecular weight is 292 g/mol. The lowest BCUT2D eigenvalue weighted by molar-refractivity contribution is -0.739. The Morgan fingerprint density at radius 1 is 0.955 bits per heavy atom. The smallest absolute Gasteiger partial charge is 0.225 e. The van der Waals surface area contributed by atoms with E-state index < -0.39 is 0 Å².